The van der Waals surface area contributed by atoms with Gasteiger partial charge in [-0.1, -0.05) is 0 Å². The lowest BCUT2D eigenvalue weighted by Gasteiger charge is -2.35. The molecule has 1 fully saturated rings. The number of rotatable bonds is 2. The van der Waals surface area contributed by atoms with Gasteiger partial charge in [-0.3, -0.25) is 0 Å². The number of benzene rings is 1. The third kappa shape index (κ3) is 3.02. The Morgan fingerprint density at radius 3 is 2.35 bits per heavy atom. The molecule has 1 aromatic rings. The molecule has 0 spiro atoms. The SMILES string of the molecule is CC1(C)OCC(Nc2cc3c(cc2Br)OCCO3)CO1. The molecule has 0 saturated carbocycles. The molecule has 0 bridgehead atoms. The van der Waals surface area contributed by atoms with E-state index in [1.807, 2.05) is 26.0 Å². The lowest BCUT2D eigenvalue weighted by Crippen LogP contribution is -2.45. The second-order valence-corrected chi connectivity index (χ2v) is 6.19. The van der Waals surface area contributed by atoms with Crippen LogP contribution in [0.15, 0.2) is 16.6 Å². The standard InChI is InChI=1S/C14H18BrNO4/c1-14(2)19-7-9(8-20-14)16-11-6-13-12(5-10(11)15)17-3-4-18-13/h5-6,9,16H,3-4,7-8H2,1-2H3. The Balaban J connectivity index is 1.71. The minimum atomic E-state index is -0.498. The van der Waals surface area contributed by atoms with E-state index in [0.717, 1.165) is 21.7 Å². The normalized spacial score (nSPS) is 21.6. The molecule has 5 nitrogen and oxygen atoms in total. The van der Waals surface area contributed by atoms with Crippen LogP contribution in [0.5, 0.6) is 11.5 Å². The summed E-state index contributed by atoms with van der Waals surface area (Å²) in [4.78, 5) is 0. The first-order valence-corrected chi connectivity index (χ1v) is 7.46. The highest BCUT2D eigenvalue weighted by Crippen LogP contribution is 2.38. The van der Waals surface area contributed by atoms with Gasteiger partial charge in [0.25, 0.3) is 0 Å². The van der Waals surface area contributed by atoms with E-state index in [4.69, 9.17) is 18.9 Å². The molecule has 2 heterocycles. The van der Waals surface area contributed by atoms with E-state index in [1.54, 1.807) is 0 Å². The van der Waals surface area contributed by atoms with E-state index in [0.29, 0.717) is 26.4 Å². The first-order valence-electron chi connectivity index (χ1n) is 6.67. The van der Waals surface area contributed by atoms with Crippen molar-refractivity contribution in [2.24, 2.45) is 0 Å². The van der Waals surface area contributed by atoms with E-state index >= 15 is 0 Å². The largest absolute Gasteiger partial charge is 0.486 e. The monoisotopic (exact) mass is 343 g/mol. The summed E-state index contributed by atoms with van der Waals surface area (Å²) >= 11 is 3.54. The third-order valence-electron chi connectivity index (χ3n) is 3.26. The lowest BCUT2D eigenvalue weighted by molar-refractivity contribution is -0.247. The van der Waals surface area contributed by atoms with Gasteiger partial charge in [-0.2, -0.15) is 0 Å². The van der Waals surface area contributed by atoms with Gasteiger partial charge in [0.05, 0.1) is 24.9 Å². The minimum absolute atomic E-state index is 0.113. The van der Waals surface area contributed by atoms with Crippen LogP contribution < -0.4 is 14.8 Å². The molecule has 0 amide bonds. The number of nitrogens with one attached hydrogen (secondary N) is 1. The fourth-order valence-corrected chi connectivity index (χ4v) is 2.61. The number of fused-ring (bicyclic) bond motifs is 1. The zero-order valence-corrected chi connectivity index (χ0v) is 13.2. The Morgan fingerprint density at radius 2 is 1.70 bits per heavy atom. The average molecular weight is 344 g/mol. The maximum Gasteiger partial charge on any atom is 0.163 e. The summed E-state index contributed by atoms with van der Waals surface area (Å²) in [6.45, 7) is 6.22. The van der Waals surface area contributed by atoms with Crippen molar-refractivity contribution in [1.29, 1.82) is 0 Å². The van der Waals surface area contributed by atoms with E-state index in [2.05, 4.69) is 21.2 Å². The van der Waals surface area contributed by atoms with E-state index in [-0.39, 0.29) is 6.04 Å². The van der Waals surface area contributed by atoms with E-state index < -0.39 is 5.79 Å². The van der Waals surface area contributed by atoms with Crippen LogP contribution in [0, 0.1) is 0 Å². The highest BCUT2D eigenvalue weighted by Gasteiger charge is 2.28. The van der Waals surface area contributed by atoms with Crippen molar-refractivity contribution in [1.82, 2.24) is 0 Å². The highest BCUT2D eigenvalue weighted by atomic mass is 79.9. The predicted octanol–water partition coefficient (Wildman–Crippen LogP) is 2.78. The molecule has 0 atom stereocenters. The number of halogens is 1. The van der Waals surface area contributed by atoms with E-state index in [1.165, 1.54) is 0 Å². The van der Waals surface area contributed by atoms with Crippen molar-refractivity contribution >= 4 is 21.6 Å². The van der Waals surface area contributed by atoms with Crippen LogP contribution in [0.1, 0.15) is 13.8 Å². The summed E-state index contributed by atoms with van der Waals surface area (Å²) < 4.78 is 23.4. The molecule has 0 aliphatic carbocycles. The molecular weight excluding hydrogens is 326 g/mol. The second kappa shape index (κ2) is 5.42. The fourth-order valence-electron chi connectivity index (χ4n) is 2.17. The summed E-state index contributed by atoms with van der Waals surface area (Å²) in [6.07, 6.45) is 0. The Morgan fingerprint density at radius 1 is 1.10 bits per heavy atom. The van der Waals surface area contributed by atoms with Crippen LogP contribution in [-0.2, 0) is 9.47 Å². The minimum Gasteiger partial charge on any atom is -0.486 e. The molecule has 2 aliphatic rings. The average Bonchev–Trinajstić information content (AvgIpc) is 2.42. The molecule has 0 radical (unpaired) electrons. The smallest absolute Gasteiger partial charge is 0.163 e. The van der Waals surface area contributed by atoms with Gasteiger partial charge < -0.3 is 24.3 Å². The summed E-state index contributed by atoms with van der Waals surface area (Å²) in [5.74, 6) is 1.04. The Kier molecular flexibility index (Phi) is 3.79. The van der Waals surface area contributed by atoms with Crippen LogP contribution in [-0.4, -0.2) is 38.3 Å². The fraction of sp³-hybridized carbons (Fsp3) is 0.571. The van der Waals surface area contributed by atoms with E-state index in [9.17, 15) is 0 Å². The van der Waals surface area contributed by atoms with Crippen LogP contribution >= 0.6 is 15.9 Å². The molecule has 1 saturated heterocycles. The molecule has 2 aliphatic heterocycles. The van der Waals surface area contributed by atoms with Gasteiger partial charge in [0.2, 0.25) is 0 Å². The van der Waals surface area contributed by atoms with Crippen molar-refractivity contribution in [2.75, 3.05) is 31.7 Å². The van der Waals surface area contributed by atoms with Gasteiger partial charge in [0.1, 0.15) is 13.2 Å². The highest BCUT2D eigenvalue weighted by molar-refractivity contribution is 9.10. The topological polar surface area (TPSA) is 49.0 Å². The van der Waals surface area contributed by atoms with Gasteiger partial charge >= 0.3 is 0 Å². The maximum absolute atomic E-state index is 5.65. The molecule has 20 heavy (non-hydrogen) atoms. The van der Waals surface area contributed by atoms with Gasteiger partial charge in [-0.15, -0.1) is 0 Å². The lowest BCUT2D eigenvalue weighted by atomic mass is 10.2. The molecule has 1 aromatic carbocycles. The van der Waals surface area contributed by atoms with Crippen LogP contribution in [0.4, 0.5) is 5.69 Å². The Bertz CT molecular complexity index is 496. The van der Waals surface area contributed by atoms with Crippen molar-refractivity contribution < 1.29 is 18.9 Å². The predicted molar refractivity (Wildman–Crippen MR) is 78.5 cm³/mol. The molecule has 0 unspecified atom stereocenters. The van der Waals surface area contributed by atoms with Crippen LogP contribution in [0.2, 0.25) is 0 Å². The second-order valence-electron chi connectivity index (χ2n) is 5.34. The van der Waals surface area contributed by atoms with Crippen molar-refractivity contribution in [3.63, 3.8) is 0 Å². The zero-order chi connectivity index (χ0) is 14.2. The Labute approximate surface area is 126 Å². The molecule has 6 heteroatoms. The molecule has 3 rings (SSSR count). The number of ether oxygens (including phenoxy) is 4. The molecule has 110 valence electrons. The first kappa shape index (κ1) is 14.0. The number of anilines is 1. The zero-order valence-electron chi connectivity index (χ0n) is 11.6. The van der Waals surface area contributed by atoms with Gasteiger partial charge in [-0.05, 0) is 29.8 Å². The van der Waals surface area contributed by atoms with Gasteiger partial charge in [-0.25, -0.2) is 0 Å². The van der Waals surface area contributed by atoms with Crippen molar-refractivity contribution in [3.05, 3.63) is 16.6 Å². The summed E-state index contributed by atoms with van der Waals surface area (Å²) in [7, 11) is 0. The summed E-state index contributed by atoms with van der Waals surface area (Å²) in [5.41, 5.74) is 0.950. The molecule has 1 N–H and O–H groups in total. The number of hydrogen-bond donors (Lipinski definition) is 1. The summed E-state index contributed by atoms with van der Waals surface area (Å²) in [6, 6.07) is 3.98. The number of hydrogen-bond acceptors (Lipinski definition) is 5. The Hall–Kier alpha value is -0.980. The molecular formula is C14H18BrNO4. The molecule has 0 aromatic heterocycles. The van der Waals surface area contributed by atoms with Crippen molar-refractivity contribution in [3.8, 4) is 11.5 Å². The van der Waals surface area contributed by atoms with Gasteiger partial charge in [0.15, 0.2) is 17.3 Å². The van der Waals surface area contributed by atoms with Crippen molar-refractivity contribution in [2.45, 2.75) is 25.7 Å². The van der Waals surface area contributed by atoms with Gasteiger partial charge in [0, 0.05) is 16.6 Å². The third-order valence-corrected chi connectivity index (χ3v) is 3.91. The first-order chi connectivity index (χ1) is 9.53. The summed E-state index contributed by atoms with van der Waals surface area (Å²) in [5, 5.41) is 3.40. The quantitative estimate of drug-likeness (QED) is 0.894. The maximum atomic E-state index is 5.65. The van der Waals surface area contributed by atoms with Crippen LogP contribution in [0.3, 0.4) is 0 Å². The van der Waals surface area contributed by atoms with Crippen LogP contribution in [0.25, 0.3) is 0 Å².